The van der Waals surface area contributed by atoms with Gasteiger partial charge in [0.1, 0.15) is 9.53 Å². The number of nitrogens with zero attached hydrogens (tertiary/aromatic N) is 5. The largest absolute Gasteiger partial charge is 0.340 e. The van der Waals surface area contributed by atoms with Gasteiger partial charge < -0.3 is 9.88 Å². The summed E-state index contributed by atoms with van der Waals surface area (Å²) in [5.41, 5.74) is 2.31. The summed E-state index contributed by atoms with van der Waals surface area (Å²) in [4.78, 5) is 21.5. The second-order valence-corrected chi connectivity index (χ2v) is 7.05. The summed E-state index contributed by atoms with van der Waals surface area (Å²) in [5, 5.41) is 0. The molecule has 1 aromatic carbocycles. The van der Waals surface area contributed by atoms with Gasteiger partial charge in [0.05, 0.1) is 5.69 Å². The number of benzene rings is 1. The zero-order valence-corrected chi connectivity index (χ0v) is 15.9. The summed E-state index contributed by atoms with van der Waals surface area (Å²) < 4.78 is 1.05. The smallest absolute Gasteiger partial charge is 0.225 e. The fraction of sp³-hybridized carbons (Fsp3) is 0.278. The van der Waals surface area contributed by atoms with Gasteiger partial charge >= 0.3 is 0 Å². The first kappa shape index (κ1) is 16.5. The van der Waals surface area contributed by atoms with Crippen molar-refractivity contribution in [2.75, 3.05) is 31.1 Å². The number of hydrogen-bond acceptors (Lipinski definition) is 5. The molecule has 1 saturated heterocycles. The molecule has 0 spiro atoms. The van der Waals surface area contributed by atoms with Crippen molar-refractivity contribution in [2.24, 2.45) is 0 Å². The van der Waals surface area contributed by atoms with Crippen molar-refractivity contribution >= 4 is 28.5 Å². The van der Waals surface area contributed by atoms with Gasteiger partial charge in [-0.05, 0) is 28.7 Å². The van der Waals surface area contributed by atoms with Crippen LogP contribution in [-0.2, 0) is 6.54 Å². The summed E-state index contributed by atoms with van der Waals surface area (Å²) >= 11 is 2.32. The quantitative estimate of drug-likeness (QED) is 0.625. The molecule has 6 nitrogen and oxygen atoms in total. The van der Waals surface area contributed by atoms with Gasteiger partial charge in [0.25, 0.3) is 0 Å². The van der Waals surface area contributed by atoms with Crippen molar-refractivity contribution in [1.82, 2.24) is 24.8 Å². The lowest BCUT2D eigenvalue weighted by atomic mass is 10.2. The van der Waals surface area contributed by atoms with Gasteiger partial charge in [-0.1, -0.05) is 30.3 Å². The first-order chi connectivity index (χ1) is 12.3. The highest BCUT2D eigenvalue weighted by Crippen LogP contribution is 2.21. The Morgan fingerprint density at radius 1 is 0.960 bits per heavy atom. The van der Waals surface area contributed by atoms with E-state index >= 15 is 0 Å². The molecule has 4 rings (SSSR count). The molecule has 0 amide bonds. The van der Waals surface area contributed by atoms with E-state index in [4.69, 9.17) is 0 Å². The molecule has 1 fully saturated rings. The maximum atomic E-state index is 4.68. The number of imidazole rings is 1. The molecule has 25 heavy (non-hydrogen) atoms. The number of hydrogen-bond donors (Lipinski definition) is 1. The van der Waals surface area contributed by atoms with Gasteiger partial charge in [-0.15, -0.1) is 0 Å². The summed E-state index contributed by atoms with van der Waals surface area (Å²) in [7, 11) is 0. The molecule has 2 aromatic heterocycles. The first-order valence-electron chi connectivity index (χ1n) is 8.34. The topological polar surface area (TPSA) is 60.9 Å². The Kier molecular flexibility index (Phi) is 4.93. The molecule has 0 saturated carbocycles. The molecule has 3 heterocycles. The monoisotopic (exact) mass is 446 g/mol. The minimum atomic E-state index is 0.824. The van der Waals surface area contributed by atoms with Crippen molar-refractivity contribution in [3.05, 3.63) is 58.2 Å². The number of nitrogens with one attached hydrogen (secondary N) is 1. The number of halogens is 1. The molecule has 1 aliphatic heterocycles. The number of rotatable bonds is 4. The number of aromatic amines is 1. The van der Waals surface area contributed by atoms with Gasteiger partial charge in [-0.2, -0.15) is 0 Å². The van der Waals surface area contributed by atoms with Gasteiger partial charge in [-0.25, -0.2) is 15.0 Å². The molecule has 0 bridgehead atoms. The first-order valence-corrected chi connectivity index (χ1v) is 9.41. The van der Waals surface area contributed by atoms with Crippen LogP contribution in [0.1, 0.15) is 5.69 Å². The Balaban J connectivity index is 1.40. The minimum Gasteiger partial charge on any atom is -0.340 e. The molecule has 1 N–H and O–H groups in total. The molecule has 0 unspecified atom stereocenters. The molecular formula is C18H19IN6. The lowest BCUT2D eigenvalue weighted by molar-refractivity contribution is 0.246. The maximum Gasteiger partial charge on any atom is 0.225 e. The zero-order chi connectivity index (χ0) is 17.1. The van der Waals surface area contributed by atoms with Crippen molar-refractivity contribution in [1.29, 1.82) is 0 Å². The summed E-state index contributed by atoms with van der Waals surface area (Å²) in [6, 6.07) is 12.1. The van der Waals surface area contributed by atoms with Crippen LogP contribution in [0.4, 0.5) is 5.95 Å². The normalized spacial score (nSPS) is 15.5. The Labute approximate surface area is 160 Å². The predicted octanol–water partition coefficient (Wildman–Crippen LogP) is 2.79. The van der Waals surface area contributed by atoms with E-state index in [1.165, 1.54) is 5.69 Å². The van der Waals surface area contributed by atoms with Crippen LogP contribution in [0.15, 0.2) is 48.8 Å². The highest BCUT2D eigenvalue weighted by Gasteiger charge is 2.20. The zero-order valence-electron chi connectivity index (χ0n) is 13.8. The standard InChI is InChI=1S/C18H19IN6/c19-16-15(22-17(23-16)14-5-2-1-3-6-14)13-24-9-11-25(12-10-24)18-20-7-4-8-21-18/h1-8H,9-13H2,(H,22,23). The van der Waals surface area contributed by atoms with Crippen LogP contribution in [0.3, 0.4) is 0 Å². The highest BCUT2D eigenvalue weighted by molar-refractivity contribution is 14.1. The molecule has 7 heteroatoms. The van der Waals surface area contributed by atoms with Gasteiger partial charge in [0.15, 0.2) is 0 Å². The lowest BCUT2D eigenvalue weighted by Gasteiger charge is -2.34. The molecular weight excluding hydrogens is 427 g/mol. The second-order valence-electron chi connectivity index (χ2n) is 6.03. The molecule has 3 aromatic rings. The molecule has 0 aliphatic carbocycles. The van der Waals surface area contributed by atoms with Crippen LogP contribution in [-0.4, -0.2) is 51.0 Å². The van der Waals surface area contributed by atoms with Crippen molar-refractivity contribution in [3.8, 4) is 11.4 Å². The van der Waals surface area contributed by atoms with Crippen LogP contribution < -0.4 is 4.90 Å². The lowest BCUT2D eigenvalue weighted by Crippen LogP contribution is -2.46. The summed E-state index contributed by atoms with van der Waals surface area (Å²) in [6.07, 6.45) is 3.60. The average molecular weight is 446 g/mol. The fourth-order valence-electron chi connectivity index (χ4n) is 3.01. The van der Waals surface area contributed by atoms with E-state index in [-0.39, 0.29) is 0 Å². The van der Waals surface area contributed by atoms with Crippen LogP contribution in [0.25, 0.3) is 11.4 Å². The number of piperazine rings is 1. The van der Waals surface area contributed by atoms with Crippen LogP contribution in [0.5, 0.6) is 0 Å². The van der Waals surface area contributed by atoms with E-state index in [9.17, 15) is 0 Å². The van der Waals surface area contributed by atoms with Crippen molar-refractivity contribution < 1.29 is 0 Å². The Morgan fingerprint density at radius 2 is 1.68 bits per heavy atom. The number of anilines is 1. The Bertz CT molecular complexity index is 812. The summed E-state index contributed by atoms with van der Waals surface area (Å²) in [5.74, 6) is 1.76. The van der Waals surface area contributed by atoms with E-state index in [1.807, 2.05) is 24.3 Å². The molecule has 0 atom stereocenters. The van der Waals surface area contributed by atoms with Crippen molar-refractivity contribution in [3.63, 3.8) is 0 Å². The Hall–Kier alpha value is -2.00. The van der Waals surface area contributed by atoms with Crippen LogP contribution in [0.2, 0.25) is 0 Å². The molecule has 0 radical (unpaired) electrons. The molecule has 1 aliphatic rings. The van der Waals surface area contributed by atoms with Crippen LogP contribution in [0, 0.1) is 3.70 Å². The number of H-pyrrole nitrogens is 1. The van der Waals surface area contributed by atoms with Crippen LogP contribution >= 0.6 is 22.6 Å². The average Bonchev–Trinajstić information content (AvgIpc) is 3.04. The fourth-order valence-corrected chi connectivity index (χ4v) is 3.56. The van der Waals surface area contributed by atoms with E-state index in [0.29, 0.717) is 0 Å². The van der Waals surface area contributed by atoms with E-state index < -0.39 is 0 Å². The van der Waals surface area contributed by atoms with E-state index in [0.717, 1.165) is 53.8 Å². The third-order valence-corrected chi connectivity index (χ3v) is 5.26. The third-order valence-electron chi connectivity index (χ3n) is 4.36. The minimum absolute atomic E-state index is 0.824. The van der Waals surface area contributed by atoms with Crippen molar-refractivity contribution in [2.45, 2.75) is 6.54 Å². The Morgan fingerprint density at radius 3 is 2.40 bits per heavy atom. The van der Waals surface area contributed by atoms with Gasteiger partial charge in [-0.3, -0.25) is 4.90 Å². The van der Waals surface area contributed by atoms with E-state index in [1.54, 1.807) is 12.4 Å². The van der Waals surface area contributed by atoms with E-state index in [2.05, 4.69) is 64.5 Å². The summed E-state index contributed by atoms with van der Waals surface area (Å²) in [6.45, 7) is 4.77. The number of aromatic nitrogens is 4. The molecule has 128 valence electrons. The second kappa shape index (κ2) is 7.49. The third kappa shape index (κ3) is 3.82. The predicted molar refractivity (Wildman–Crippen MR) is 106 cm³/mol. The van der Waals surface area contributed by atoms with Gasteiger partial charge in [0.2, 0.25) is 5.95 Å². The SMILES string of the molecule is Ic1nc(-c2ccccc2)[nH]c1CN1CCN(c2ncccn2)CC1. The van der Waals surface area contributed by atoms with Gasteiger partial charge in [0, 0.05) is 50.7 Å². The highest BCUT2D eigenvalue weighted by atomic mass is 127. The maximum absolute atomic E-state index is 4.68.